The van der Waals surface area contributed by atoms with E-state index in [4.69, 9.17) is 21.1 Å². The molecule has 0 bridgehead atoms. The van der Waals surface area contributed by atoms with Gasteiger partial charge in [-0.25, -0.2) is 0 Å². The highest BCUT2D eigenvalue weighted by atomic mass is 35.5. The van der Waals surface area contributed by atoms with Crippen LogP contribution in [0.5, 0.6) is 11.5 Å². The highest BCUT2D eigenvalue weighted by Gasteiger charge is 2.33. The molecule has 1 aliphatic carbocycles. The van der Waals surface area contributed by atoms with Crippen LogP contribution in [-0.2, 0) is 6.54 Å². The fraction of sp³-hybridized carbons (Fsp3) is 0.700. The van der Waals surface area contributed by atoms with Crippen molar-refractivity contribution < 1.29 is 14.6 Å². The first-order valence-electron chi connectivity index (χ1n) is 9.65. The Kier molecular flexibility index (Phi) is 7.04. The quantitative estimate of drug-likeness (QED) is 0.784. The fourth-order valence-electron chi connectivity index (χ4n) is 4.46. The van der Waals surface area contributed by atoms with E-state index in [-0.39, 0.29) is 6.61 Å². The number of halogens is 1. The van der Waals surface area contributed by atoms with E-state index in [0.717, 1.165) is 38.2 Å². The molecule has 1 aliphatic heterocycles. The lowest BCUT2D eigenvalue weighted by molar-refractivity contribution is 0.0267. The minimum atomic E-state index is 0.249. The second-order valence-corrected chi connectivity index (χ2v) is 7.78. The summed E-state index contributed by atoms with van der Waals surface area (Å²) in [4.78, 5) is 5.09. The molecular formula is C20H31ClN2O3. The number of benzene rings is 1. The van der Waals surface area contributed by atoms with Gasteiger partial charge in [-0.3, -0.25) is 9.80 Å². The molecule has 1 saturated heterocycles. The number of hydrogen-bond donors (Lipinski definition) is 1. The van der Waals surface area contributed by atoms with Gasteiger partial charge < -0.3 is 14.6 Å². The summed E-state index contributed by atoms with van der Waals surface area (Å²) >= 11 is 6.47. The predicted molar refractivity (Wildman–Crippen MR) is 104 cm³/mol. The van der Waals surface area contributed by atoms with Crippen LogP contribution < -0.4 is 9.47 Å². The Bertz CT molecular complexity index is 593. The van der Waals surface area contributed by atoms with Gasteiger partial charge >= 0.3 is 0 Å². The van der Waals surface area contributed by atoms with Gasteiger partial charge in [0.2, 0.25) is 0 Å². The van der Waals surface area contributed by atoms with Crippen molar-refractivity contribution in [2.24, 2.45) is 0 Å². The van der Waals surface area contributed by atoms with E-state index in [1.54, 1.807) is 14.2 Å². The van der Waals surface area contributed by atoms with Crippen LogP contribution in [0.3, 0.4) is 0 Å². The first-order valence-corrected chi connectivity index (χ1v) is 10.0. The Balaban J connectivity index is 1.69. The molecular weight excluding hydrogens is 352 g/mol. The molecule has 1 atom stereocenters. The maximum atomic E-state index is 9.53. The Labute approximate surface area is 161 Å². The number of methoxy groups -OCH3 is 2. The summed E-state index contributed by atoms with van der Waals surface area (Å²) in [6.45, 7) is 4.11. The first-order chi connectivity index (χ1) is 12.7. The number of piperazine rings is 1. The molecule has 0 unspecified atom stereocenters. The highest BCUT2D eigenvalue weighted by molar-refractivity contribution is 6.31. The summed E-state index contributed by atoms with van der Waals surface area (Å²) in [5.74, 6) is 1.37. The van der Waals surface area contributed by atoms with Crippen LogP contribution in [0.15, 0.2) is 12.1 Å². The summed E-state index contributed by atoms with van der Waals surface area (Å²) in [5.41, 5.74) is 1.06. The van der Waals surface area contributed by atoms with E-state index in [9.17, 15) is 5.11 Å². The lowest BCUT2D eigenvalue weighted by Gasteiger charge is -2.44. The number of aliphatic hydroxyl groups is 1. The van der Waals surface area contributed by atoms with Gasteiger partial charge in [0.1, 0.15) is 0 Å². The summed E-state index contributed by atoms with van der Waals surface area (Å²) in [5, 5.41) is 10.2. The van der Waals surface area contributed by atoms with E-state index < -0.39 is 0 Å². The van der Waals surface area contributed by atoms with Gasteiger partial charge in [-0.05, 0) is 30.9 Å². The zero-order valence-electron chi connectivity index (χ0n) is 15.9. The topological polar surface area (TPSA) is 45.2 Å². The van der Waals surface area contributed by atoms with Gasteiger partial charge in [-0.15, -0.1) is 0 Å². The van der Waals surface area contributed by atoms with Crippen LogP contribution in [-0.4, -0.2) is 67.5 Å². The molecule has 26 heavy (non-hydrogen) atoms. The third-order valence-electron chi connectivity index (χ3n) is 5.81. The average molecular weight is 383 g/mol. The van der Waals surface area contributed by atoms with Gasteiger partial charge in [-0.1, -0.05) is 24.4 Å². The molecule has 1 saturated carbocycles. The molecule has 0 spiro atoms. The van der Waals surface area contributed by atoms with Gasteiger partial charge in [0, 0.05) is 56.0 Å². The molecule has 1 N–H and O–H groups in total. The number of ether oxygens (including phenoxy) is 2. The largest absolute Gasteiger partial charge is 0.493 e. The van der Waals surface area contributed by atoms with Crippen molar-refractivity contribution >= 4 is 11.6 Å². The summed E-state index contributed by atoms with van der Waals surface area (Å²) in [7, 11) is 3.27. The normalized spacial score (nSPS) is 22.7. The minimum Gasteiger partial charge on any atom is -0.493 e. The number of hydrogen-bond acceptors (Lipinski definition) is 5. The monoisotopic (exact) mass is 382 g/mol. The third-order valence-corrected chi connectivity index (χ3v) is 6.17. The van der Waals surface area contributed by atoms with Gasteiger partial charge in [0.05, 0.1) is 14.2 Å². The van der Waals surface area contributed by atoms with Crippen LogP contribution in [0.4, 0.5) is 0 Å². The molecule has 5 nitrogen and oxygen atoms in total. The molecule has 2 fully saturated rings. The maximum Gasteiger partial charge on any atom is 0.162 e. The molecule has 1 aromatic rings. The number of nitrogens with zero attached hydrogens (tertiary/aromatic N) is 2. The van der Waals surface area contributed by atoms with Crippen molar-refractivity contribution in [3.63, 3.8) is 0 Å². The van der Waals surface area contributed by atoms with Crippen molar-refractivity contribution in [1.29, 1.82) is 0 Å². The van der Waals surface area contributed by atoms with Crippen LogP contribution in [0.2, 0.25) is 5.02 Å². The molecule has 0 aromatic heterocycles. The molecule has 0 amide bonds. The standard InChI is InChI=1S/C20H31ClN2O3/c1-25-19-11-15(18(21)12-20(19)26-2)13-22-8-9-23(16-5-3-4-6-16)17(14-22)7-10-24/h11-12,16-17,24H,3-10,13-14H2,1-2H3/t17-/m0/s1. The summed E-state index contributed by atoms with van der Waals surface area (Å²) in [6.07, 6.45) is 6.15. The lowest BCUT2D eigenvalue weighted by Crippen LogP contribution is -2.56. The molecule has 2 aliphatic rings. The maximum absolute atomic E-state index is 9.53. The Morgan fingerprint density at radius 2 is 1.81 bits per heavy atom. The van der Waals surface area contributed by atoms with Crippen molar-refractivity contribution in [1.82, 2.24) is 9.80 Å². The van der Waals surface area contributed by atoms with Gasteiger partial charge in [-0.2, -0.15) is 0 Å². The molecule has 6 heteroatoms. The van der Waals surface area contributed by atoms with Gasteiger partial charge in [0.15, 0.2) is 11.5 Å². The molecule has 146 valence electrons. The fourth-order valence-corrected chi connectivity index (χ4v) is 4.67. The minimum absolute atomic E-state index is 0.249. The van der Waals surface area contributed by atoms with Crippen LogP contribution in [0.1, 0.15) is 37.7 Å². The zero-order valence-corrected chi connectivity index (χ0v) is 16.7. The first kappa shape index (κ1) is 19.7. The predicted octanol–water partition coefficient (Wildman–Crippen LogP) is 3.17. The van der Waals surface area contributed by atoms with E-state index in [1.807, 2.05) is 12.1 Å². The zero-order chi connectivity index (χ0) is 18.5. The summed E-state index contributed by atoms with van der Waals surface area (Å²) < 4.78 is 10.7. The SMILES string of the molecule is COc1cc(Cl)c(CN2CCN(C3CCCC3)[C@@H](CCO)C2)cc1OC. The third kappa shape index (κ3) is 4.45. The second-order valence-electron chi connectivity index (χ2n) is 7.38. The van der Waals surface area contributed by atoms with Crippen molar-refractivity contribution in [2.45, 2.75) is 50.7 Å². The molecule has 3 rings (SSSR count). The van der Waals surface area contributed by atoms with Crippen LogP contribution in [0.25, 0.3) is 0 Å². The Hall–Kier alpha value is -1.01. The second kappa shape index (κ2) is 9.27. The van der Waals surface area contributed by atoms with Crippen LogP contribution in [0, 0.1) is 0 Å². The van der Waals surface area contributed by atoms with E-state index in [1.165, 1.54) is 25.7 Å². The average Bonchev–Trinajstić information content (AvgIpc) is 3.18. The van der Waals surface area contributed by atoms with Gasteiger partial charge in [0.25, 0.3) is 0 Å². The number of aliphatic hydroxyl groups excluding tert-OH is 1. The Morgan fingerprint density at radius 1 is 1.12 bits per heavy atom. The van der Waals surface area contributed by atoms with Crippen LogP contribution >= 0.6 is 11.6 Å². The lowest BCUT2D eigenvalue weighted by atomic mass is 10.0. The summed E-state index contributed by atoms with van der Waals surface area (Å²) in [6, 6.07) is 4.94. The molecule has 0 radical (unpaired) electrons. The smallest absolute Gasteiger partial charge is 0.162 e. The Morgan fingerprint density at radius 3 is 2.46 bits per heavy atom. The highest BCUT2D eigenvalue weighted by Crippen LogP contribution is 2.34. The van der Waals surface area contributed by atoms with Crippen molar-refractivity contribution in [3.05, 3.63) is 22.7 Å². The van der Waals surface area contributed by atoms with Crippen molar-refractivity contribution in [3.8, 4) is 11.5 Å². The molecule has 1 aromatic carbocycles. The van der Waals surface area contributed by atoms with E-state index in [2.05, 4.69) is 9.80 Å². The van der Waals surface area contributed by atoms with Crippen molar-refractivity contribution in [2.75, 3.05) is 40.5 Å². The van der Waals surface area contributed by atoms with E-state index in [0.29, 0.717) is 28.6 Å². The van der Waals surface area contributed by atoms with E-state index >= 15 is 0 Å². The molecule has 1 heterocycles. The number of rotatable bonds is 7.